The minimum absolute atomic E-state index is 0.0287. The summed E-state index contributed by atoms with van der Waals surface area (Å²) in [4.78, 5) is 27.7. The predicted octanol–water partition coefficient (Wildman–Crippen LogP) is 3.68. The van der Waals surface area contributed by atoms with Crippen molar-refractivity contribution < 1.29 is 14.3 Å². The molecule has 0 saturated heterocycles. The molecule has 1 aromatic heterocycles. The molecule has 0 unspecified atom stereocenters. The number of aliphatic hydroxyl groups is 1. The molecule has 0 spiro atoms. The van der Waals surface area contributed by atoms with Gasteiger partial charge in [0.1, 0.15) is 5.58 Å². The van der Waals surface area contributed by atoms with Gasteiger partial charge in [0.2, 0.25) is 5.76 Å². The van der Waals surface area contributed by atoms with Crippen molar-refractivity contribution in [1.29, 1.82) is 0 Å². The van der Waals surface area contributed by atoms with Gasteiger partial charge < -0.3 is 14.4 Å². The summed E-state index contributed by atoms with van der Waals surface area (Å²) < 4.78 is 5.81. The van der Waals surface area contributed by atoms with Gasteiger partial charge in [0.25, 0.3) is 5.91 Å². The van der Waals surface area contributed by atoms with E-state index in [0.29, 0.717) is 21.6 Å². The second-order valence-corrected chi connectivity index (χ2v) is 7.37. The molecule has 1 aliphatic heterocycles. The molecule has 2 atom stereocenters. The van der Waals surface area contributed by atoms with Crippen molar-refractivity contribution >= 4 is 28.5 Å². The van der Waals surface area contributed by atoms with Crippen LogP contribution in [0.3, 0.4) is 0 Å². The van der Waals surface area contributed by atoms with Gasteiger partial charge in [-0.05, 0) is 37.6 Å². The Labute approximate surface area is 160 Å². The summed E-state index contributed by atoms with van der Waals surface area (Å²) in [7, 11) is 0. The number of benzene rings is 2. The van der Waals surface area contributed by atoms with Crippen LogP contribution in [-0.4, -0.2) is 28.6 Å². The van der Waals surface area contributed by atoms with Crippen molar-refractivity contribution in [3.63, 3.8) is 0 Å². The van der Waals surface area contributed by atoms with E-state index in [2.05, 4.69) is 0 Å². The minimum Gasteiger partial charge on any atom is -0.450 e. The Hall–Kier alpha value is -2.63. The fourth-order valence-electron chi connectivity index (χ4n) is 3.56. The fourth-order valence-corrected chi connectivity index (χ4v) is 3.73. The molecule has 0 bridgehead atoms. The number of hydrogen-bond donors (Lipinski definition) is 1. The maximum Gasteiger partial charge on any atom is 0.290 e. The van der Waals surface area contributed by atoms with Crippen LogP contribution in [-0.2, 0) is 0 Å². The lowest BCUT2D eigenvalue weighted by Gasteiger charge is -2.26. The molecular weight excluding hydrogens is 366 g/mol. The van der Waals surface area contributed by atoms with Crippen molar-refractivity contribution in [2.75, 3.05) is 6.54 Å². The van der Waals surface area contributed by atoms with E-state index in [-0.39, 0.29) is 17.7 Å². The van der Waals surface area contributed by atoms with Crippen molar-refractivity contribution in [3.05, 3.63) is 80.2 Å². The second-order valence-electron chi connectivity index (χ2n) is 6.93. The lowest BCUT2D eigenvalue weighted by molar-refractivity contribution is 0.0611. The van der Waals surface area contributed by atoms with E-state index < -0.39 is 18.1 Å². The summed E-state index contributed by atoms with van der Waals surface area (Å²) in [5, 5.41) is 10.7. The molecule has 4 rings (SSSR count). The highest BCUT2D eigenvalue weighted by atomic mass is 35.5. The van der Waals surface area contributed by atoms with Crippen molar-refractivity contribution in [3.8, 4) is 0 Å². The van der Waals surface area contributed by atoms with Crippen LogP contribution in [0.4, 0.5) is 0 Å². The van der Waals surface area contributed by atoms with Gasteiger partial charge in [0.15, 0.2) is 5.43 Å². The number of carbonyl (C=O) groups is 1. The summed E-state index contributed by atoms with van der Waals surface area (Å²) in [6.45, 7) is 3.67. The number of halogens is 1. The molecule has 0 saturated carbocycles. The van der Waals surface area contributed by atoms with E-state index in [1.165, 1.54) is 4.90 Å². The molecule has 1 aliphatic rings. The molecule has 1 amide bonds. The molecule has 5 nitrogen and oxygen atoms in total. The van der Waals surface area contributed by atoms with Gasteiger partial charge in [-0.3, -0.25) is 9.59 Å². The Balaban J connectivity index is 2.00. The maximum atomic E-state index is 13.2. The monoisotopic (exact) mass is 383 g/mol. The number of aryl methyl sites for hydroxylation is 1. The number of nitrogens with zero attached hydrogens (tertiary/aromatic N) is 1. The Morgan fingerprint density at radius 1 is 1.19 bits per heavy atom. The summed E-state index contributed by atoms with van der Waals surface area (Å²) in [6, 6.07) is 11.8. The van der Waals surface area contributed by atoms with Crippen LogP contribution in [0.25, 0.3) is 11.0 Å². The van der Waals surface area contributed by atoms with Crippen LogP contribution in [0.1, 0.15) is 40.2 Å². The Morgan fingerprint density at radius 2 is 1.89 bits per heavy atom. The topological polar surface area (TPSA) is 70.8 Å². The molecule has 6 heteroatoms. The third kappa shape index (κ3) is 2.93. The average Bonchev–Trinajstić information content (AvgIpc) is 2.89. The first-order chi connectivity index (χ1) is 12.9. The number of hydrogen-bond acceptors (Lipinski definition) is 4. The highest BCUT2D eigenvalue weighted by molar-refractivity contribution is 6.31. The summed E-state index contributed by atoms with van der Waals surface area (Å²) in [6.07, 6.45) is -0.741. The predicted molar refractivity (Wildman–Crippen MR) is 103 cm³/mol. The SMILES string of the molecule is Cc1ccc([C@@H]2c3c(oc4ccc(Cl)cc4c3=O)C(=O)N2C[C@@H](C)O)cc1. The lowest BCUT2D eigenvalue weighted by Crippen LogP contribution is -2.35. The molecule has 138 valence electrons. The van der Waals surface area contributed by atoms with E-state index in [1.54, 1.807) is 25.1 Å². The van der Waals surface area contributed by atoms with Gasteiger partial charge >= 0.3 is 0 Å². The first-order valence-electron chi connectivity index (χ1n) is 8.68. The zero-order valence-corrected chi connectivity index (χ0v) is 15.7. The van der Waals surface area contributed by atoms with Crippen LogP contribution >= 0.6 is 11.6 Å². The van der Waals surface area contributed by atoms with Gasteiger partial charge in [-0.25, -0.2) is 0 Å². The van der Waals surface area contributed by atoms with Gasteiger partial charge in [-0.1, -0.05) is 41.4 Å². The van der Waals surface area contributed by atoms with Crippen molar-refractivity contribution in [2.24, 2.45) is 0 Å². The number of rotatable bonds is 3. The smallest absolute Gasteiger partial charge is 0.290 e. The van der Waals surface area contributed by atoms with Gasteiger partial charge in [0, 0.05) is 11.6 Å². The van der Waals surface area contributed by atoms with Crippen LogP contribution in [0, 0.1) is 6.92 Å². The van der Waals surface area contributed by atoms with Crippen LogP contribution in [0.15, 0.2) is 51.7 Å². The van der Waals surface area contributed by atoms with Crippen molar-refractivity contribution in [2.45, 2.75) is 26.0 Å². The van der Waals surface area contributed by atoms with Crippen LogP contribution in [0.2, 0.25) is 5.02 Å². The molecular formula is C21H18ClNO4. The molecule has 0 radical (unpaired) electrons. The van der Waals surface area contributed by atoms with Crippen LogP contribution in [0.5, 0.6) is 0 Å². The van der Waals surface area contributed by atoms with E-state index in [4.69, 9.17) is 16.0 Å². The molecule has 2 aromatic carbocycles. The van der Waals surface area contributed by atoms with Crippen molar-refractivity contribution in [1.82, 2.24) is 4.90 Å². The first-order valence-corrected chi connectivity index (χ1v) is 9.06. The Bertz CT molecular complexity index is 1100. The lowest BCUT2D eigenvalue weighted by atomic mass is 9.97. The second kappa shape index (κ2) is 6.51. The number of amides is 1. The first kappa shape index (κ1) is 17.8. The molecule has 2 heterocycles. The Morgan fingerprint density at radius 3 is 2.56 bits per heavy atom. The zero-order valence-electron chi connectivity index (χ0n) is 14.9. The van der Waals surface area contributed by atoms with Gasteiger partial charge in [-0.15, -0.1) is 0 Å². The number of aliphatic hydroxyl groups excluding tert-OH is 1. The Kier molecular flexibility index (Phi) is 4.29. The summed E-state index contributed by atoms with van der Waals surface area (Å²) >= 11 is 6.05. The van der Waals surface area contributed by atoms with Gasteiger partial charge in [-0.2, -0.15) is 0 Å². The fraction of sp³-hybridized carbons (Fsp3) is 0.238. The van der Waals surface area contributed by atoms with Gasteiger partial charge in [0.05, 0.1) is 23.1 Å². The standard InChI is InChI=1S/C21H18ClNO4/c1-11-3-5-13(6-4-11)18-17-19(25)15-9-14(22)7-8-16(15)27-20(17)21(26)23(18)10-12(2)24/h3-9,12,18,24H,10H2,1-2H3/t12-,18-/m1/s1. The highest BCUT2D eigenvalue weighted by Crippen LogP contribution is 2.38. The van der Waals surface area contributed by atoms with Crippen LogP contribution < -0.4 is 5.43 Å². The molecule has 27 heavy (non-hydrogen) atoms. The molecule has 3 aromatic rings. The zero-order chi connectivity index (χ0) is 19.3. The van der Waals surface area contributed by atoms with E-state index in [0.717, 1.165) is 11.1 Å². The maximum absolute atomic E-state index is 13.2. The molecule has 0 aliphatic carbocycles. The molecule has 1 N–H and O–H groups in total. The number of carbonyl (C=O) groups excluding carboxylic acids is 1. The quantitative estimate of drug-likeness (QED) is 0.749. The average molecular weight is 384 g/mol. The largest absolute Gasteiger partial charge is 0.450 e. The highest BCUT2D eigenvalue weighted by Gasteiger charge is 2.42. The summed E-state index contributed by atoms with van der Waals surface area (Å²) in [5.74, 6) is -0.369. The summed E-state index contributed by atoms with van der Waals surface area (Å²) in [5.41, 5.74) is 2.20. The third-order valence-electron chi connectivity index (χ3n) is 4.78. The van der Waals surface area contributed by atoms with E-state index >= 15 is 0 Å². The number of β-amino-alcohol motifs (C(OH)–C–C–N with tert-alkyl or cyclic N) is 1. The normalized spacial score (nSPS) is 17.4. The van der Waals surface area contributed by atoms with E-state index in [9.17, 15) is 14.7 Å². The number of fused-ring (bicyclic) bond motifs is 2. The third-order valence-corrected chi connectivity index (χ3v) is 5.02. The minimum atomic E-state index is -0.741. The van der Waals surface area contributed by atoms with E-state index in [1.807, 2.05) is 31.2 Å². The molecule has 0 fully saturated rings.